The molecule has 1 aromatic heterocycles. The lowest BCUT2D eigenvalue weighted by Gasteiger charge is -2.08. The molecule has 19 heavy (non-hydrogen) atoms. The van der Waals surface area contributed by atoms with E-state index in [1.54, 1.807) is 6.07 Å². The number of hydrogen-bond donors (Lipinski definition) is 0. The van der Waals surface area contributed by atoms with Crippen molar-refractivity contribution in [2.75, 3.05) is 0 Å². The van der Waals surface area contributed by atoms with Crippen LogP contribution in [0.5, 0.6) is 0 Å². The van der Waals surface area contributed by atoms with Crippen LogP contribution >= 0.6 is 27.7 Å². The molecule has 0 unspecified atom stereocenters. The Bertz CT molecular complexity index is 620. The minimum absolute atomic E-state index is 0.638. The summed E-state index contributed by atoms with van der Waals surface area (Å²) in [7, 11) is 0. The fourth-order valence-electron chi connectivity index (χ4n) is 1.59. The average molecular weight is 337 g/mol. The first kappa shape index (κ1) is 14.2. The zero-order valence-corrected chi connectivity index (χ0v) is 13.3. The fourth-order valence-corrected chi connectivity index (χ4v) is 2.89. The van der Waals surface area contributed by atoms with E-state index in [1.807, 2.05) is 32.9 Å². The number of aldehydes is 1. The SMILES string of the molecule is Cc1nc(Sc2ccc(Br)cc2C=O)nc(C)c1C. The van der Waals surface area contributed by atoms with Gasteiger partial charge in [-0.3, -0.25) is 4.79 Å². The first-order chi connectivity index (χ1) is 9.01. The highest BCUT2D eigenvalue weighted by molar-refractivity contribution is 9.10. The quantitative estimate of drug-likeness (QED) is 0.624. The van der Waals surface area contributed by atoms with E-state index in [4.69, 9.17) is 0 Å². The lowest BCUT2D eigenvalue weighted by molar-refractivity contribution is 0.112. The van der Waals surface area contributed by atoms with Crippen molar-refractivity contribution in [3.8, 4) is 0 Å². The molecule has 0 saturated carbocycles. The molecule has 1 heterocycles. The second-order valence-electron chi connectivity index (χ2n) is 4.20. The van der Waals surface area contributed by atoms with E-state index in [-0.39, 0.29) is 0 Å². The summed E-state index contributed by atoms with van der Waals surface area (Å²) >= 11 is 4.77. The van der Waals surface area contributed by atoms with Gasteiger partial charge in [-0.1, -0.05) is 15.9 Å². The van der Waals surface area contributed by atoms with Crippen molar-refractivity contribution in [1.29, 1.82) is 0 Å². The third-order valence-corrected chi connectivity index (χ3v) is 4.36. The molecule has 0 radical (unpaired) electrons. The second-order valence-corrected chi connectivity index (χ2v) is 6.13. The van der Waals surface area contributed by atoms with Crippen LogP contribution in [0.25, 0.3) is 0 Å². The Balaban J connectivity index is 2.39. The van der Waals surface area contributed by atoms with Crippen molar-refractivity contribution in [3.63, 3.8) is 0 Å². The lowest BCUT2D eigenvalue weighted by atomic mass is 10.2. The highest BCUT2D eigenvalue weighted by Crippen LogP contribution is 2.30. The molecule has 0 saturated heterocycles. The van der Waals surface area contributed by atoms with Crippen molar-refractivity contribution in [2.24, 2.45) is 0 Å². The molecule has 5 heteroatoms. The van der Waals surface area contributed by atoms with Crippen molar-refractivity contribution < 1.29 is 4.79 Å². The van der Waals surface area contributed by atoms with Gasteiger partial charge in [-0.05, 0) is 56.3 Å². The Kier molecular flexibility index (Phi) is 4.37. The van der Waals surface area contributed by atoms with Crippen molar-refractivity contribution >= 4 is 34.0 Å². The lowest BCUT2D eigenvalue weighted by Crippen LogP contribution is -1.98. The topological polar surface area (TPSA) is 42.9 Å². The monoisotopic (exact) mass is 336 g/mol. The highest BCUT2D eigenvalue weighted by Gasteiger charge is 2.09. The first-order valence-electron chi connectivity index (χ1n) is 5.75. The Labute approximate surface area is 125 Å². The zero-order valence-electron chi connectivity index (χ0n) is 10.9. The molecular formula is C14H13BrN2OS. The molecule has 0 bridgehead atoms. The van der Waals surface area contributed by atoms with Gasteiger partial charge in [0.25, 0.3) is 0 Å². The molecule has 2 rings (SSSR count). The highest BCUT2D eigenvalue weighted by atomic mass is 79.9. The molecule has 0 fully saturated rings. The number of rotatable bonds is 3. The summed E-state index contributed by atoms with van der Waals surface area (Å²) in [5.74, 6) is 0. The van der Waals surface area contributed by atoms with Crippen LogP contribution in [0.15, 0.2) is 32.7 Å². The number of carbonyl (C=O) groups excluding carboxylic acids is 1. The summed E-state index contributed by atoms with van der Waals surface area (Å²) in [6.45, 7) is 5.95. The summed E-state index contributed by atoms with van der Waals surface area (Å²) in [5, 5.41) is 0.672. The number of aryl methyl sites for hydroxylation is 2. The number of benzene rings is 1. The number of hydrogen-bond acceptors (Lipinski definition) is 4. The van der Waals surface area contributed by atoms with Crippen LogP contribution in [0.4, 0.5) is 0 Å². The summed E-state index contributed by atoms with van der Waals surface area (Å²) in [6.07, 6.45) is 0.848. The van der Waals surface area contributed by atoms with Crippen LogP contribution < -0.4 is 0 Å². The largest absolute Gasteiger partial charge is 0.298 e. The molecular weight excluding hydrogens is 324 g/mol. The maximum absolute atomic E-state index is 11.1. The van der Waals surface area contributed by atoms with Gasteiger partial charge in [-0.2, -0.15) is 0 Å². The van der Waals surface area contributed by atoms with Gasteiger partial charge in [0, 0.05) is 26.3 Å². The van der Waals surface area contributed by atoms with Crippen LogP contribution in [0.2, 0.25) is 0 Å². The Morgan fingerprint density at radius 3 is 2.37 bits per heavy atom. The van der Waals surface area contributed by atoms with E-state index in [0.29, 0.717) is 10.7 Å². The number of halogens is 1. The van der Waals surface area contributed by atoms with Gasteiger partial charge in [0.1, 0.15) is 0 Å². The van der Waals surface area contributed by atoms with Crippen LogP contribution in [-0.4, -0.2) is 16.3 Å². The van der Waals surface area contributed by atoms with E-state index < -0.39 is 0 Å². The molecule has 0 spiro atoms. The predicted octanol–water partition coefficient (Wildman–Crippen LogP) is 4.13. The average Bonchev–Trinajstić information content (AvgIpc) is 2.38. The molecule has 2 aromatic rings. The Morgan fingerprint density at radius 1 is 1.16 bits per heavy atom. The van der Waals surface area contributed by atoms with Crippen molar-refractivity contribution in [2.45, 2.75) is 30.8 Å². The summed E-state index contributed by atoms with van der Waals surface area (Å²) in [5.41, 5.74) is 3.69. The Morgan fingerprint density at radius 2 is 1.79 bits per heavy atom. The van der Waals surface area contributed by atoms with E-state index >= 15 is 0 Å². The summed E-state index contributed by atoms with van der Waals surface area (Å²) < 4.78 is 0.885. The van der Waals surface area contributed by atoms with E-state index in [0.717, 1.165) is 32.6 Å². The van der Waals surface area contributed by atoms with Gasteiger partial charge in [-0.15, -0.1) is 0 Å². The normalized spacial score (nSPS) is 10.5. The fraction of sp³-hybridized carbons (Fsp3) is 0.214. The van der Waals surface area contributed by atoms with Gasteiger partial charge >= 0.3 is 0 Å². The van der Waals surface area contributed by atoms with Crippen LogP contribution in [0, 0.1) is 20.8 Å². The third-order valence-electron chi connectivity index (χ3n) is 2.91. The number of aromatic nitrogens is 2. The number of carbonyl (C=O) groups is 1. The van der Waals surface area contributed by atoms with Crippen LogP contribution in [0.1, 0.15) is 27.3 Å². The van der Waals surface area contributed by atoms with Gasteiger partial charge in [0.15, 0.2) is 11.4 Å². The molecule has 0 N–H and O–H groups in total. The minimum atomic E-state index is 0.638. The molecule has 0 aliphatic carbocycles. The molecule has 0 atom stereocenters. The molecule has 0 amide bonds. The standard InChI is InChI=1S/C14H13BrN2OS/c1-8-9(2)16-14(17-10(8)3)19-13-5-4-12(15)6-11(13)7-18/h4-7H,1-3H3. The van der Waals surface area contributed by atoms with E-state index in [9.17, 15) is 4.79 Å². The second kappa shape index (κ2) is 5.84. The van der Waals surface area contributed by atoms with Crippen LogP contribution in [-0.2, 0) is 0 Å². The van der Waals surface area contributed by atoms with Crippen molar-refractivity contribution in [3.05, 3.63) is 45.2 Å². The predicted molar refractivity (Wildman–Crippen MR) is 79.9 cm³/mol. The van der Waals surface area contributed by atoms with E-state index in [2.05, 4.69) is 25.9 Å². The number of nitrogens with zero attached hydrogens (tertiary/aromatic N) is 2. The zero-order chi connectivity index (χ0) is 14.0. The van der Waals surface area contributed by atoms with Gasteiger partial charge in [0.05, 0.1) is 0 Å². The van der Waals surface area contributed by atoms with Gasteiger partial charge in [-0.25, -0.2) is 9.97 Å². The van der Waals surface area contributed by atoms with Crippen molar-refractivity contribution in [1.82, 2.24) is 9.97 Å². The minimum Gasteiger partial charge on any atom is -0.298 e. The van der Waals surface area contributed by atoms with Gasteiger partial charge < -0.3 is 0 Å². The molecule has 0 aliphatic heterocycles. The smallest absolute Gasteiger partial charge is 0.192 e. The molecule has 1 aromatic carbocycles. The van der Waals surface area contributed by atoms with Crippen LogP contribution in [0.3, 0.4) is 0 Å². The third kappa shape index (κ3) is 3.22. The molecule has 0 aliphatic rings. The molecule has 98 valence electrons. The van der Waals surface area contributed by atoms with E-state index in [1.165, 1.54) is 11.8 Å². The molecule has 3 nitrogen and oxygen atoms in total. The maximum atomic E-state index is 11.1. The first-order valence-corrected chi connectivity index (χ1v) is 7.36. The summed E-state index contributed by atoms with van der Waals surface area (Å²) in [4.78, 5) is 20.8. The Hall–Kier alpha value is -1.20. The summed E-state index contributed by atoms with van der Waals surface area (Å²) in [6, 6.07) is 5.60. The maximum Gasteiger partial charge on any atom is 0.192 e. The van der Waals surface area contributed by atoms with Gasteiger partial charge in [0.2, 0.25) is 0 Å².